The van der Waals surface area contributed by atoms with Gasteiger partial charge in [0.05, 0.1) is 31.1 Å². The highest BCUT2D eigenvalue weighted by Crippen LogP contribution is 2.36. The minimum atomic E-state index is -0.447. The molecule has 1 aliphatic carbocycles. The minimum absolute atomic E-state index is 0.0358. The number of nitrogens with one attached hydrogen (secondary N) is 2. The zero-order valence-corrected chi connectivity index (χ0v) is 20.2. The molecule has 2 heterocycles. The maximum Gasteiger partial charge on any atom is 0.406 e. The van der Waals surface area contributed by atoms with E-state index in [2.05, 4.69) is 47.4 Å². The van der Waals surface area contributed by atoms with E-state index in [0.29, 0.717) is 26.2 Å². The molecule has 0 bridgehead atoms. The molecule has 9 heteroatoms. The number of aromatic nitrogens is 2. The van der Waals surface area contributed by atoms with Crippen LogP contribution < -0.4 is 10.6 Å². The minimum Gasteiger partial charge on any atom is -0.453 e. The number of carbonyl (C=O) groups is 2. The number of carbonyl (C=O) groups excluding carboxylic acids is 2. The quantitative estimate of drug-likeness (QED) is 0.586. The van der Waals surface area contributed by atoms with E-state index in [1.54, 1.807) is 0 Å². The Kier molecular flexibility index (Phi) is 7.84. The fourth-order valence-electron chi connectivity index (χ4n) is 4.38. The predicted molar refractivity (Wildman–Crippen MR) is 128 cm³/mol. The lowest BCUT2D eigenvalue weighted by Gasteiger charge is -2.33. The third-order valence-corrected chi connectivity index (χ3v) is 6.38. The molecule has 0 spiro atoms. The summed E-state index contributed by atoms with van der Waals surface area (Å²) in [6.07, 6.45) is 1.14. The number of methoxy groups -OCH3 is 1. The predicted octanol–water partition coefficient (Wildman–Crippen LogP) is 2.58. The van der Waals surface area contributed by atoms with Gasteiger partial charge >= 0.3 is 6.09 Å². The molecule has 1 aliphatic heterocycles. The molecule has 3 atom stereocenters. The molecule has 9 nitrogen and oxygen atoms in total. The number of ether oxygens (including phenoxy) is 2. The Morgan fingerprint density at radius 3 is 2.71 bits per heavy atom. The third kappa shape index (κ3) is 5.77. The third-order valence-electron chi connectivity index (χ3n) is 6.38. The average molecular weight is 470 g/mol. The number of hydrogen-bond donors (Lipinski definition) is 2. The number of rotatable bonds is 9. The van der Waals surface area contributed by atoms with Crippen LogP contribution in [-0.2, 0) is 20.8 Å². The largest absolute Gasteiger partial charge is 0.453 e. The lowest BCUT2D eigenvalue weighted by molar-refractivity contribution is -0.148. The fourth-order valence-corrected chi connectivity index (χ4v) is 4.38. The summed E-state index contributed by atoms with van der Waals surface area (Å²) in [7, 11) is 1.36. The van der Waals surface area contributed by atoms with Gasteiger partial charge in [0.25, 0.3) is 5.91 Å². The Bertz CT molecular complexity index is 969. The number of hydrogen-bond acceptors (Lipinski definition) is 6. The molecule has 1 aromatic carbocycles. The van der Waals surface area contributed by atoms with E-state index in [4.69, 9.17) is 9.84 Å². The van der Waals surface area contributed by atoms with Crippen molar-refractivity contribution in [1.82, 2.24) is 25.3 Å². The van der Waals surface area contributed by atoms with E-state index in [-0.39, 0.29) is 23.9 Å². The molecule has 34 heavy (non-hydrogen) atoms. The van der Waals surface area contributed by atoms with Gasteiger partial charge in [-0.25, -0.2) is 4.79 Å². The Morgan fingerprint density at radius 1 is 1.29 bits per heavy atom. The molecule has 184 valence electrons. The van der Waals surface area contributed by atoms with Gasteiger partial charge in [-0.1, -0.05) is 37.3 Å². The van der Waals surface area contributed by atoms with Crippen molar-refractivity contribution in [3.05, 3.63) is 42.1 Å². The van der Waals surface area contributed by atoms with E-state index in [1.165, 1.54) is 7.11 Å². The smallest absolute Gasteiger partial charge is 0.406 e. The standard InChI is InChI=1S/C25H35N5O4/c1-17(14-27-25(32)33-3)16-29-22(19-7-5-4-6-8-19)13-21(28-29)18(2)30(20-9-10-20)24(31)23-15-26-11-12-34-23/h4-8,13,17-18,20,23,26H,9-12,14-16H2,1-3H3,(H,27,32)/t17?,18-,23-/m1/s1. The van der Waals surface area contributed by atoms with Crippen LogP contribution >= 0.6 is 0 Å². The summed E-state index contributed by atoms with van der Waals surface area (Å²) in [4.78, 5) is 26.8. The van der Waals surface area contributed by atoms with Gasteiger partial charge in [0.2, 0.25) is 0 Å². The van der Waals surface area contributed by atoms with Crippen molar-refractivity contribution in [2.75, 3.05) is 33.4 Å². The van der Waals surface area contributed by atoms with Gasteiger partial charge in [-0.05, 0) is 37.3 Å². The molecule has 1 saturated heterocycles. The number of amides is 2. The molecular weight excluding hydrogens is 434 g/mol. The van der Waals surface area contributed by atoms with E-state index >= 15 is 0 Å². The van der Waals surface area contributed by atoms with Crippen LogP contribution in [0.5, 0.6) is 0 Å². The van der Waals surface area contributed by atoms with E-state index < -0.39 is 12.2 Å². The van der Waals surface area contributed by atoms with Crippen molar-refractivity contribution in [1.29, 1.82) is 0 Å². The second-order valence-corrected chi connectivity index (χ2v) is 9.20. The van der Waals surface area contributed by atoms with Gasteiger partial charge in [-0.15, -0.1) is 0 Å². The first-order valence-electron chi connectivity index (χ1n) is 12.1. The number of benzene rings is 1. The summed E-state index contributed by atoms with van der Waals surface area (Å²) >= 11 is 0. The van der Waals surface area contributed by atoms with Crippen LogP contribution in [0.3, 0.4) is 0 Å². The number of nitrogens with zero attached hydrogens (tertiary/aromatic N) is 3. The highest BCUT2D eigenvalue weighted by Gasteiger charge is 2.40. The first kappa shape index (κ1) is 24.2. The van der Waals surface area contributed by atoms with Crippen LogP contribution in [0.1, 0.15) is 38.4 Å². The van der Waals surface area contributed by atoms with E-state index in [9.17, 15) is 9.59 Å². The Hall–Kier alpha value is -2.91. The van der Waals surface area contributed by atoms with E-state index in [0.717, 1.165) is 36.3 Å². The summed E-state index contributed by atoms with van der Waals surface area (Å²) in [5.41, 5.74) is 2.91. The Labute approximate surface area is 200 Å². The van der Waals surface area contributed by atoms with Crippen LogP contribution in [0.2, 0.25) is 0 Å². The van der Waals surface area contributed by atoms with Crippen LogP contribution in [0, 0.1) is 5.92 Å². The molecule has 1 aromatic heterocycles. The fraction of sp³-hybridized carbons (Fsp3) is 0.560. The van der Waals surface area contributed by atoms with Crippen LogP contribution in [0.15, 0.2) is 36.4 Å². The monoisotopic (exact) mass is 469 g/mol. The van der Waals surface area contributed by atoms with Crippen molar-refractivity contribution in [3.8, 4) is 11.3 Å². The maximum absolute atomic E-state index is 13.4. The normalized spacial score (nSPS) is 19.8. The first-order valence-corrected chi connectivity index (χ1v) is 12.1. The molecular formula is C25H35N5O4. The van der Waals surface area contributed by atoms with Crippen LogP contribution in [0.25, 0.3) is 11.3 Å². The summed E-state index contributed by atoms with van der Waals surface area (Å²) in [6, 6.07) is 12.3. The molecule has 2 fully saturated rings. The summed E-state index contributed by atoms with van der Waals surface area (Å²) in [5, 5.41) is 11.0. The topological polar surface area (TPSA) is 97.7 Å². The van der Waals surface area contributed by atoms with Gasteiger partial charge in [-0.2, -0.15) is 5.10 Å². The van der Waals surface area contributed by atoms with Gasteiger partial charge in [0.1, 0.15) is 6.10 Å². The second kappa shape index (κ2) is 11.0. The highest BCUT2D eigenvalue weighted by atomic mass is 16.5. The number of alkyl carbamates (subject to hydrolysis) is 1. The molecule has 2 aliphatic rings. The lowest BCUT2D eigenvalue weighted by Crippen LogP contribution is -2.50. The van der Waals surface area contributed by atoms with Gasteiger partial charge in [0.15, 0.2) is 0 Å². The van der Waals surface area contributed by atoms with E-state index in [1.807, 2.05) is 27.8 Å². The van der Waals surface area contributed by atoms with Crippen LogP contribution in [-0.4, -0.2) is 72.2 Å². The van der Waals surface area contributed by atoms with Crippen LogP contribution in [0.4, 0.5) is 4.79 Å². The van der Waals surface area contributed by atoms with Crippen molar-refractivity contribution >= 4 is 12.0 Å². The maximum atomic E-state index is 13.4. The van der Waals surface area contributed by atoms with Gasteiger partial charge in [0, 0.05) is 32.2 Å². The number of morpholine rings is 1. The first-order chi connectivity index (χ1) is 16.5. The molecule has 0 radical (unpaired) electrons. The molecule has 4 rings (SSSR count). The molecule has 1 saturated carbocycles. The zero-order chi connectivity index (χ0) is 24.1. The molecule has 2 aromatic rings. The summed E-state index contributed by atoms with van der Waals surface area (Å²) < 4.78 is 12.4. The van der Waals surface area contributed by atoms with Gasteiger partial charge < -0.3 is 25.0 Å². The molecule has 1 unspecified atom stereocenters. The summed E-state index contributed by atoms with van der Waals surface area (Å²) in [6.45, 7) is 7.07. The zero-order valence-electron chi connectivity index (χ0n) is 20.2. The van der Waals surface area contributed by atoms with Crippen molar-refractivity contribution in [3.63, 3.8) is 0 Å². The average Bonchev–Trinajstić information content (AvgIpc) is 3.62. The van der Waals surface area contributed by atoms with Gasteiger partial charge in [-0.3, -0.25) is 9.48 Å². The highest BCUT2D eigenvalue weighted by molar-refractivity contribution is 5.82. The molecule has 2 amide bonds. The van der Waals surface area contributed by atoms with Crippen molar-refractivity contribution in [2.24, 2.45) is 5.92 Å². The van der Waals surface area contributed by atoms with Crippen molar-refractivity contribution < 1.29 is 19.1 Å². The molecule has 2 N–H and O–H groups in total. The second-order valence-electron chi connectivity index (χ2n) is 9.20. The Morgan fingerprint density at radius 2 is 2.06 bits per heavy atom. The summed E-state index contributed by atoms with van der Waals surface area (Å²) in [5.74, 6) is 0.168. The lowest BCUT2D eigenvalue weighted by atomic mass is 10.1. The Balaban J connectivity index is 1.58. The SMILES string of the molecule is COC(=O)NCC(C)Cn1nc([C@@H](C)N(C(=O)[C@H]2CNCCO2)C2CC2)cc1-c1ccccc1. The van der Waals surface area contributed by atoms with Crippen molar-refractivity contribution in [2.45, 2.75) is 51.4 Å².